The smallest absolute Gasteiger partial charge is 0.0622 e. The number of benzene rings is 6. The van der Waals surface area contributed by atoms with Crippen LogP contribution in [0.25, 0.3) is 66.1 Å². The van der Waals surface area contributed by atoms with Crippen LogP contribution in [-0.4, -0.2) is 9.13 Å². The van der Waals surface area contributed by atoms with Gasteiger partial charge in [0.25, 0.3) is 0 Å². The van der Waals surface area contributed by atoms with E-state index in [4.69, 9.17) is 0 Å². The maximum absolute atomic E-state index is 2.48. The molecule has 2 aromatic heterocycles. The molecule has 0 spiro atoms. The average molecular weight is 525 g/mol. The summed E-state index contributed by atoms with van der Waals surface area (Å²) in [5.74, 6) is 0. The maximum atomic E-state index is 2.48. The second kappa shape index (κ2) is 7.99. The topological polar surface area (TPSA) is 9.86 Å². The third kappa shape index (κ3) is 2.92. The molecule has 0 amide bonds. The molecule has 9 rings (SSSR count). The minimum Gasteiger partial charge on any atom is -0.309 e. The Morgan fingerprint density at radius 3 is 1.54 bits per heavy atom. The van der Waals surface area contributed by atoms with E-state index >= 15 is 0 Å². The predicted octanol–water partition coefficient (Wildman–Crippen LogP) is 10.2. The molecular formula is C39H28N2. The summed E-state index contributed by atoms with van der Waals surface area (Å²) < 4.78 is 4.87. The molecule has 41 heavy (non-hydrogen) atoms. The van der Waals surface area contributed by atoms with E-state index in [2.05, 4.69) is 156 Å². The van der Waals surface area contributed by atoms with E-state index in [-0.39, 0.29) is 5.41 Å². The second-order valence-electron chi connectivity index (χ2n) is 11.8. The molecule has 8 aromatic rings. The first-order valence-corrected chi connectivity index (χ1v) is 14.4. The summed E-state index contributed by atoms with van der Waals surface area (Å²) in [7, 11) is 0. The Morgan fingerprint density at radius 1 is 0.415 bits per heavy atom. The van der Waals surface area contributed by atoms with E-state index in [0.717, 1.165) is 0 Å². The average Bonchev–Trinajstić information content (AvgIpc) is 3.61. The molecule has 0 unspecified atom stereocenters. The Labute approximate surface area is 238 Å². The van der Waals surface area contributed by atoms with Crippen LogP contribution in [0, 0.1) is 0 Å². The Kier molecular flexibility index (Phi) is 4.42. The highest BCUT2D eigenvalue weighted by Gasteiger charge is 2.37. The van der Waals surface area contributed by atoms with Crippen molar-refractivity contribution in [1.82, 2.24) is 9.13 Å². The van der Waals surface area contributed by atoms with E-state index in [1.54, 1.807) is 0 Å². The number of nitrogens with zero attached hydrogens (tertiary/aromatic N) is 2. The van der Waals surface area contributed by atoms with Crippen molar-refractivity contribution in [3.63, 3.8) is 0 Å². The molecule has 0 N–H and O–H groups in total. The van der Waals surface area contributed by atoms with Crippen LogP contribution in [0.15, 0.2) is 133 Å². The molecular weight excluding hydrogens is 496 g/mol. The molecule has 2 heteroatoms. The van der Waals surface area contributed by atoms with E-state index in [0.29, 0.717) is 0 Å². The predicted molar refractivity (Wildman–Crippen MR) is 173 cm³/mol. The van der Waals surface area contributed by atoms with Crippen molar-refractivity contribution in [1.29, 1.82) is 0 Å². The first-order valence-electron chi connectivity index (χ1n) is 14.4. The Bertz CT molecular complexity index is 2270. The fourth-order valence-corrected chi connectivity index (χ4v) is 7.46. The summed E-state index contributed by atoms with van der Waals surface area (Å²) in [5.41, 5.74) is 12.8. The van der Waals surface area contributed by atoms with Crippen molar-refractivity contribution in [3.05, 3.63) is 145 Å². The molecule has 1 aliphatic carbocycles. The molecule has 0 radical (unpaired) electrons. The van der Waals surface area contributed by atoms with Crippen LogP contribution in [0.5, 0.6) is 0 Å². The lowest BCUT2D eigenvalue weighted by atomic mass is 9.82. The first-order chi connectivity index (χ1) is 20.1. The van der Waals surface area contributed by atoms with E-state index in [9.17, 15) is 0 Å². The molecule has 0 atom stereocenters. The quantitative estimate of drug-likeness (QED) is 0.213. The van der Waals surface area contributed by atoms with Crippen molar-refractivity contribution in [2.45, 2.75) is 19.3 Å². The number of rotatable bonds is 2. The summed E-state index contributed by atoms with van der Waals surface area (Å²) >= 11 is 0. The number of para-hydroxylation sites is 3. The maximum Gasteiger partial charge on any atom is 0.0622 e. The van der Waals surface area contributed by atoms with Gasteiger partial charge in [-0.05, 0) is 59.2 Å². The second-order valence-corrected chi connectivity index (χ2v) is 11.8. The number of fused-ring (bicyclic) bond motifs is 10. The third-order valence-corrected chi connectivity index (χ3v) is 9.33. The van der Waals surface area contributed by atoms with Gasteiger partial charge in [0.1, 0.15) is 0 Å². The van der Waals surface area contributed by atoms with Gasteiger partial charge in [0.05, 0.1) is 22.1 Å². The van der Waals surface area contributed by atoms with E-state index < -0.39 is 0 Å². The minimum absolute atomic E-state index is 0.0399. The molecule has 0 saturated carbocycles. The molecule has 2 nitrogen and oxygen atoms in total. The Hall–Kier alpha value is -5.08. The number of hydrogen-bond donors (Lipinski definition) is 0. The zero-order valence-electron chi connectivity index (χ0n) is 23.1. The number of hydrogen-bond acceptors (Lipinski definition) is 0. The van der Waals surface area contributed by atoms with Crippen LogP contribution in [0.2, 0.25) is 0 Å². The monoisotopic (exact) mass is 524 g/mol. The van der Waals surface area contributed by atoms with Crippen molar-refractivity contribution < 1.29 is 0 Å². The zero-order valence-corrected chi connectivity index (χ0v) is 23.1. The van der Waals surface area contributed by atoms with Crippen LogP contribution in [0.1, 0.15) is 25.0 Å². The van der Waals surface area contributed by atoms with Crippen molar-refractivity contribution >= 4 is 43.6 Å². The van der Waals surface area contributed by atoms with E-state index in [1.807, 2.05) is 0 Å². The largest absolute Gasteiger partial charge is 0.309 e. The first kappa shape index (κ1) is 22.7. The molecule has 0 fully saturated rings. The lowest BCUT2D eigenvalue weighted by molar-refractivity contribution is 0.661. The van der Waals surface area contributed by atoms with Gasteiger partial charge in [-0.3, -0.25) is 0 Å². The van der Waals surface area contributed by atoms with Gasteiger partial charge in [-0.1, -0.05) is 105 Å². The summed E-state index contributed by atoms with van der Waals surface area (Å²) in [4.78, 5) is 0. The lowest BCUT2D eigenvalue weighted by Crippen LogP contribution is -2.14. The molecule has 0 saturated heterocycles. The van der Waals surface area contributed by atoms with Crippen LogP contribution in [0.3, 0.4) is 0 Å². The van der Waals surface area contributed by atoms with E-state index in [1.165, 1.54) is 77.2 Å². The van der Waals surface area contributed by atoms with Gasteiger partial charge in [0.15, 0.2) is 0 Å². The Balaban J connectivity index is 1.33. The molecule has 2 heterocycles. The fourth-order valence-electron chi connectivity index (χ4n) is 7.46. The van der Waals surface area contributed by atoms with Gasteiger partial charge in [-0.2, -0.15) is 0 Å². The molecule has 1 aliphatic rings. The van der Waals surface area contributed by atoms with Gasteiger partial charge >= 0.3 is 0 Å². The summed E-state index contributed by atoms with van der Waals surface area (Å²) in [6, 6.07) is 49.0. The number of aromatic nitrogens is 2. The normalized spacial score (nSPS) is 13.8. The lowest BCUT2D eigenvalue weighted by Gasteiger charge is -2.21. The third-order valence-electron chi connectivity index (χ3n) is 9.33. The van der Waals surface area contributed by atoms with Crippen molar-refractivity contribution in [2.24, 2.45) is 0 Å². The summed E-state index contributed by atoms with van der Waals surface area (Å²) in [5, 5.41) is 5.16. The van der Waals surface area contributed by atoms with Gasteiger partial charge in [0, 0.05) is 43.9 Å². The van der Waals surface area contributed by atoms with Crippen LogP contribution in [-0.2, 0) is 5.41 Å². The van der Waals surface area contributed by atoms with Gasteiger partial charge < -0.3 is 9.13 Å². The van der Waals surface area contributed by atoms with Crippen molar-refractivity contribution in [2.75, 3.05) is 0 Å². The summed E-state index contributed by atoms with van der Waals surface area (Å²) in [6.45, 7) is 4.72. The molecule has 0 bridgehead atoms. The fraction of sp³-hybridized carbons (Fsp3) is 0.0769. The molecule has 6 aromatic carbocycles. The molecule has 0 aliphatic heterocycles. The highest BCUT2D eigenvalue weighted by molar-refractivity contribution is 6.15. The molecule has 194 valence electrons. The minimum atomic E-state index is -0.0399. The van der Waals surface area contributed by atoms with Gasteiger partial charge in [-0.25, -0.2) is 0 Å². The van der Waals surface area contributed by atoms with Gasteiger partial charge in [0.2, 0.25) is 0 Å². The van der Waals surface area contributed by atoms with Crippen LogP contribution in [0.4, 0.5) is 0 Å². The Morgan fingerprint density at radius 2 is 0.902 bits per heavy atom. The standard InChI is InChI=1S/C39H28N2/c1-39(2)32-15-7-3-14-31(32)37-33(39)24-23-30-29-13-6-10-18-36(29)41(38(30)37)26-21-19-25(20-22-26)40-34-16-8-4-11-27(34)28-12-5-9-17-35(28)40/h3-24H,1-2H3. The van der Waals surface area contributed by atoms with Gasteiger partial charge in [-0.15, -0.1) is 0 Å². The highest BCUT2D eigenvalue weighted by atomic mass is 15.0. The van der Waals surface area contributed by atoms with Crippen molar-refractivity contribution in [3.8, 4) is 22.5 Å². The van der Waals surface area contributed by atoms with Crippen LogP contribution >= 0.6 is 0 Å². The highest BCUT2D eigenvalue weighted by Crippen LogP contribution is 2.52. The van der Waals surface area contributed by atoms with Crippen LogP contribution < -0.4 is 0 Å². The summed E-state index contributed by atoms with van der Waals surface area (Å²) in [6.07, 6.45) is 0. The zero-order chi connectivity index (χ0) is 27.3. The SMILES string of the molecule is CC1(C)c2ccccc2-c2c1ccc1c3ccccc3n(-c3ccc(-n4c5ccccc5c5ccccc54)cc3)c21.